The number of rotatable bonds is 9. The summed E-state index contributed by atoms with van der Waals surface area (Å²) >= 11 is 1.96. The van der Waals surface area contributed by atoms with Crippen LogP contribution in [-0.4, -0.2) is 49.1 Å². The van der Waals surface area contributed by atoms with E-state index in [2.05, 4.69) is 44.3 Å². The lowest BCUT2D eigenvalue weighted by atomic mass is 9.78. The molecular formula is C15H32N2S. The van der Waals surface area contributed by atoms with E-state index < -0.39 is 0 Å². The van der Waals surface area contributed by atoms with Crippen molar-refractivity contribution >= 4 is 11.8 Å². The van der Waals surface area contributed by atoms with E-state index >= 15 is 0 Å². The van der Waals surface area contributed by atoms with Crippen molar-refractivity contribution in [1.29, 1.82) is 0 Å². The molecule has 0 amide bonds. The van der Waals surface area contributed by atoms with Gasteiger partial charge in [0.25, 0.3) is 0 Å². The number of nitrogens with one attached hydrogen (secondary N) is 1. The highest BCUT2D eigenvalue weighted by Gasteiger charge is 2.34. The molecule has 3 atom stereocenters. The summed E-state index contributed by atoms with van der Waals surface area (Å²) < 4.78 is 0. The van der Waals surface area contributed by atoms with E-state index in [4.69, 9.17) is 0 Å². The van der Waals surface area contributed by atoms with Crippen LogP contribution in [0.1, 0.15) is 40.0 Å². The topological polar surface area (TPSA) is 15.3 Å². The summed E-state index contributed by atoms with van der Waals surface area (Å²) in [5, 5.41) is 3.62. The van der Waals surface area contributed by atoms with Crippen molar-refractivity contribution in [3.8, 4) is 0 Å². The molecule has 0 spiro atoms. The molecule has 0 radical (unpaired) electrons. The Hall–Kier alpha value is 0.270. The first-order chi connectivity index (χ1) is 8.56. The first kappa shape index (κ1) is 16.3. The molecule has 1 N–H and O–H groups in total. The summed E-state index contributed by atoms with van der Waals surface area (Å²) in [6.07, 6.45) is 6.33. The van der Waals surface area contributed by atoms with Crippen LogP contribution in [0.5, 0.6) is 0 Å². The first-order valence-corrected chi connectivity index (χ1v) is 8.87. The van der Waals surface area contributed by atoms with Crippen LogP contribution >= 0.6 is 11.8 Å². The Morgan fingerprint density at radius 1 is 1.28 bits per heavy atom. The van der Waals surface area contributed by atoms with Crippen molar-refractivity contribution in [2.75, 3.05) is 32.1 Å². The third kappa shape index (κ3) is 5.10. The number of hydrogen-bond acceptors (Lipinski definition) is 3. The normalized spacial score (nSPS) is 25.5. The molecule has 0 aromatic rings. The molecule has 0 aromatic heterocycles. The van der Waals surface area contributed by atoms with Gasteiger partial charge in [0.2, 0.25) is 0 Å². The average Bonchev–Trinajstić information content (AvgIpc) is 2.29. The summed E-state index contributed by atoms with van der Waals surface area (Å²) in [5.74, 6) is 2.93. The van der Waals surface area contributed by atoms with Crippen molar-refractivity contribution in [2.45, 2.75) is 52.1 Å². The van der Waals surface area contributed by atoms with E-state index in [1.54, 1.807) is 0 Å². The number of hydrogen-bond donors (Lipinski definition) is 1. The number of nitrogens with zero attached hydrogens (tertiary/aromatic N) is 1. The first-order valence-electron chi connectivity index (χ1n) is 7.47. The van der Waals surface area contributed by atoms with Crippen molar-refractivity contribution in [3.63, 3.8) is 0 Å². The molecule has 0 bridgehead atoms. The highest BCUT2D eigenvalue weighted by molar-refractivity contribution is 7.98. The van der Waals surface area contributed by atoms with Gasteiger partial charge in [-0.2, -0.15) is 11.8 Å². The van der Waals surface area contributed by atoms with E-state index in [-0.39, 0.29) is 0 Å². The quantitative estimate of drug-likeness (QED) is 0.694. The average molecular weight is 273 g/mol. The monoisotopic (exact) mass is 272 g/mol. The second-order valence-electron chi connectivity index (χ2n) is 6.25. The SMILES string of the molecule is CSCCC(C)N(C)C1CCC1CNCC(C)C. The molecule has 3 unspecified atom stereocenters. The maximum absolute atomic E-state index is 3.62. The van der Waals surface area contributed by atoms with Crippen LogP contribution in [0.3, 0.4) is 0 Å². The van der Waals surface area contributed by atoms with E-state index in [0.29, 0.717) is 0 Å². The Morgan fingerprint density at radius 2 is 2.00 bits per heavy atom. The van der Waals surface area contributed by atoms with Crippen LogP contribution in [0.2, 0.25) is 0 Å². The Balaban J connectivity index is 2.24. The van der Waals surface area contributed by atoms with Crippen molar-refractivity contribution in [2.24, 2.45) is 11.8 Å². The van der Waals surface area contributed by atoms with Gasteiger partial charge in [-0.15, -0.1) is 0 Å². The van der Waals surface area contributed by atoms with Gasteiger partial charge in [0.15, 0.2) is 0 Å². The summed E-state index contributed by atoms with van der Waals surface area (Å²) in [7, 11) is 2.32. The lowest BCUT2D eigenvalue weighted by Gasteiger charge is -2.45. The van der Waals surface area contributed by atoms with Gasteiger partial charge >= 0.3 is 0 Å². The van der Waals surface area contributed by atoms with E-state index in [0.717, 1.165) is 30.5 Å². The Morgan fingerprint density at radius 3 is 2.50 bits per heavy atom. The van der Waals surface area contributed by atoms with E-state index in [9.17, 15) is 0 Å². The highest BCUT2D eigenvalue weighted by Crippen LogP contribution is 2.32. The smallest absolute Gasteiger partial charge is 0.0135 e. The predicted octanol–water partition coefficient (Wildman–Crippen LogP) is 3.08. The van der Waals surface area contributed by atoms with Gasteiger partial charge in [-0.3, -0.25) is 0 Å². The largest absolute Gasteiger partial charge is 0.316 e. The zero-order valence-electron chi connectivity index (χ0n) is 12.9. The summed E-state index contributed by atoms with van der Waals surface area (Å²) in [5.41, 5.74) is 0. The molecule has 108 valence electrons. The van der Waals surface area contributed by atoms with Gasteiger partial charge in [0, 0.05) is 12.1 Å². The Kier molecular flexibility index (Phi) is 7.66. The maximum Gasteiger partial charge on any atom is 0.0135 e. The third-order valence-electron chi connectivity index (χ3n) is 4.29. The molecule has 2 nitrogen and oxygen atoms in total. The molecule has 1 aliphatic rings. The number of thioether (sulfide) groups is 1. The molecule has 1 saturated carbocycles. The van der Waals surface area contributed by atoms with Crippen molar-refractivity contribution < 1.29 is 0 Å². The fourth-order valence-electron chi connectivity index (χ4n) is 2.70. The molecule has 0 aliphatic heterocycles. The van der Waals surface area contributed by atoms with Crippen LogP contribution in [-0.2, 0) is 0 Å². The standard InChI is InChI=1S/C15H32N2S/c1-12(2)10-16-11-14-6-7-15(14)17(4)13(3)8-9-18-5/h12-16H,6-11H2,1-5H3. The second-order valence-corrected chi connectivity index (χ2v) is 7.24. The zero-order chi connectivity index (χ0) is 13.5. The van der Waals surface area contributed by atoms with Gasteiger partial charge in [-0.1, -0.05) is 13.8 Å². The lowest BCUT2D eigenvalue weighted by molar-refractivity contribution is 0.0541. The lowest BCUT2D eigenvalue weighted by Crippen LogP contribution is -2.52. The Labute approximate surface area is 118 Å². The summed E-state index contributed by atoms with van der Waals surface area (Å²) in [6.45, 7) is 9.31. The molecule has 3 heteroatoms. The van der Waals surface area contributed by atoms with Gasteiger partial charge < -0.3 is 10.2 Å². The molecule has 0 saturated heterocycles. The minimum absolute atomic E-state index is 0.732. The highest BCUT2D eigenvalue weighted by atomic mass is 32.2. The molecular weight excluding hydrogens is 240 g/mol. The van der Waals surface area contributed by atoms with Gasteiger partial charge in [-0.25, -0.2) is 0 Å². The van der Waals surface area contributed by atoms with Crippen LogP contribution in [0.15, 0.2) is 0 Å². The summed E-state index contributed by atoms with van der Waals surface area (Å²) in [6, 6.07) is 1.55. The van der Waals surface area contributed by atoms with Crippen LogP contribution in [0.25, 0.3) is 0 Å². The third-order valence-corrected chi connectivity index (χ3v) is 4.94. The van der Waals surface area contributed by atoms with Gasteiger partial charge in [-0.05, 0) is 70.2 Å². The second kappa shape index (κ2) is 8.44. The van der Waals surface area contributed by atoms with Gasteiger partial charge in [0.05, 0.1) is 0 Å². The fourth-order valence-corrected chi connectivity index (χ4v) is 3.28. The molecule has 1 rings (SSSR count). The molecule has 0 heterocycles. The molecule has 1 fully saturated rings. The van der Waals surface area contributed by atoms with Crippen LogP contribution in [0, 0.1) is 11.8 Å². The molecule has 18 heavy (non-hydrogen) atoms. The Bertz CT molecular complexity index is 221. The minimum atomic E-state index is 0.732. The summed E-state index contributed by atoms with van der Waals surface area (Å²) in [4.78, 5) is 2.63. The van der Waals surface area contributed by atoms with Crippen LogP contribution < -0.4 is 5.32 Å². The van der Waals surface area contributed by atoms with Gasteiger partial charge in [0.1, 0.15) is 0 Å². The predicted molar refractivity (Wildman–Crippen MR) is 84.4 cm³/mol. The molecule has 1 aliphatic carbocycles. The maximum atomic E-state index is 3.62. The molecule has 0 aromatic carbocycles. The van der Waals surface area contributed by atoms with Crippen LogP contribution in [0.4, 0.5) is 0 Å². The van der Waals surface area contributed by atoms with E-state index in [1.807, 2.05) is 11.8 Å². The van der Waals surface area contributed by atoms with Crippen molar-refractivity contribution in [1.82, 2.24) is 10.2 Å². The minimum Gasteiger partial charge on any atom is -0.316 e. The van der Waals surface area contributed by atoms with Crippen molar-refractivity contribution in [3.05, 3.63) is 0 Å². The fraction of sp³-hybridized carbons (Fsp3) is 1.00. The van der Waals surface area contributed by atoms with E-state index in [1.165, 1.54) is 31.6 Å². The zero-order valence-corrected chi connectivity index (χ0v) is 13.7.